The Morgan fingerprint density at radius 2 is 1.71 bits per heavy atom. The van der Waals surface area contributed by atoms with Crippen molar-refractivity contribution in [3.05, 3.63) is 24.0 Å². The minimum absolute atomic E-state index is 0.0420. The van der Waals surface area contributed by atoms with Crippen molar-refractivity contribution in [2.45, 2.75) is 101 Å². The fraction of sp³-hybridized carbons (Fsp3) is 0.840. The number of rotatable bonds is 3. The van der Waals surface area contributed by atoms with E-state index in [0.29, 0.717) is 45.1 Å². The maximum atomic E-state index is 12.3. The first-order chi connectivity index (χ1) is 14.5. The van der Waals surface area contributed by atoms with Crippen LogP contribution in [-0.4, -0.2) is 54.0 Å². The summed E-state index contributed by atoms with van der Waals surface area (Å²) in [4.78, 5) is 0. The summed E-state index contributed by atoms with van der Waals surface area (Å²) in [5, 5.41) is 55.4. The molecule has 0 unspecified atom stereocenters. The maximum absolute atomic E-state index is 12.3. The van der Waals surface area contributed by atoms with Gasteiger partial charge in [-0.1, -0.05) is 13.8 Å². The van der Waals surface area contributed by atoms with Crippen LogP contribution in [0, 0.1) is 22.7 Å². The average Bonchev–Trinajstić information content (AvgIpc) is 3.27. The molecule has 6 nitrogen and oxygen atoms in total. The monoisotopic (exact) mass is 433 g/mol. The van der Waals surface area contributed by atoms with Crippen molar-refractivity contribution >= 4 is 0 Å². The fourth-order valence-corrected chi connectivity index (χ4v) is 8.62. The molecule has 4 saturated carbocycles. The zero-order valence-electron chi connectivity index (χ0n) is 18.9. The first-order valence-corrected chi connectivity index (χ1v) is 12.2. The molecule has 4 aliphatic rings. The fourth-order valence-electron chi connectivity index (χ4n) is 8.62. The van der Waals surface area contributed by atoms with E-state index >= 15 is 0 Å². The smallest absolute Gasteiger partial charge is 0.0993 e. The standard InChI is InChI=1S/C25H39NO5/c1-21-7-3-18(28)15-23(21,29)9-5-20-19(21)4-8-22(2)24(30,10-11-25(20,22)31)17-6-12-26(16-17)13-14-27/h6,12,16,18-20,27-31H,3-5,7-11,13-15H2,1-2H3/t18-,19-,20+,21+,22+,23-,24+,25-/m0/s1. The zero-order valence-corrected chi connectivity index (χ0v) is 18.9. The SMILES string of the molecule is C[C@]12CC[C@H]3[C@@H](CC[C@]4(O)C[C@@H](O)CC[C@]34C)[C@@]1(O)CC[C@@]2(O)c1ccn(CCO)c1. The molecule has 4 aliphatic carbocycles. The van der Waals surface area contributed by atoms with Crippen molar-refractivity contribution < 1.29 is 25.5 Å². The van der Waals surface area contributed by atoms with Crippen LogP contribution < -0.4 is 0 Å². The van der Waals surface area contributed by atoms with Crippen molar-refractivity contribution in [3.63, 3.8) is 0 Å². The van der Waals surface area contributed by atoms with Gasteiger partial charge in [0.2, 0.25) is 0 Å². The highest BCUT2D eigenvalue weighted by Gasteiger charge is 2.73. The third kappa shape index (κ3) is 2.63. The lowest BCUT2D eigenvalue weighted by Crippen LogP contribution is -2.68. The number of aromatic nitrogens is 1. The molecule has 0 spiro atoms. The molecule has 4 fully saturated rings. The molecule has 1 heterocycles. The Morgan fingerprint density at radius 3 is 2.45 bits per heavy atom. The summed E-state index contributed by atoms with van der Waals surface area (Å²) in [5.74, 6) is 0.235. The highest BCUT2D eigenvalue weighted by atomic mass is 16.3. The molecule has 5 rings (SSSR count). The zero-order chi connectivity index (χ0) is 22.3. The quantitative estimate of drug-likeness (QED) is 0.503. The van der Waals surface area contributed by atoms with Crippen LogP contribution in [0.15, 0.2) is 18.5 Å². The summed E-state index contributed by atoms with van der Waals surface area (Å²) < 4.78 is 1.90. The van der Waals surface area contributed by atoms with Crippen molar-refractivity contribution in [3.8, 4) is 0 Å². The van der Waals surface area contributed by atoms with Gasteiger partial charge in [-0.3, -0.25) is 0 Å². The van der Waals surface area contributed by atoms with Gasteiger partial charge in [0, 0.05) is 36.3 Å². The number of aliphatic hydroxyl groups is 5. The number of fused-ring (bicyclic) bond motifs is 5. The third-order valence-electron chi connectivity index (χ3n) is 10.7. The summed E-state index contributed by atoms with van der Waals surface area (Å²) in [6, 6.07) is 1.93. The molecular weight excluding hydrogens is 394 g/mol. The highest BCUT2D eigenvalue weighted by molar-refractivity contribution is 5.32. The Hall–Kier alpha value is -0.920. The van der Waals surface area contributed by atoms with Gasteiger partial charge in [0.05, 0.1) is 29.5 Å². The first kappa shape index (κ1) is 21.9. The molecule has 1 aromatic rings. The minimum atomic E-state index is -1.11. The van der Waals surface area contributed by atoms with Gasteiger partial charge in [-0.25, -0.2) is 0 Å². The van der Waals surface area contributed by atoms with Gasteiger partial charge in [-0.2, -0.15) is 0 Å². The van der Waals surface area contributed by atoms with Crippen LogP contribution in [0.1, 0.15) is 77.2 Å². The number of hydrogen-bond acceptors (Lipinski definition) is 5. The number of aliphatic hydroxyl groups excluding tert-OH is 2. The van der Waals surface area contributed by atoms with Crippen LogP contribution in [0.25, 0.3) is 0 Å². The Labute approximate surface area is 184 Å². The average molecular weight is 434 g/mol. The van der Waals surface area contributed by atoms with Crippen LogP contribution in [0.4, 0.5) is 0 Å². The van der Waals surface area contributed by atoms with E-state index in [4.69, 9.17) is 0 Å². The second kappa shape index (κ2) is 6.80. The lowest BCUT2D eigenvalue weighted by Gasteiger charge is -2.66. The van der Waals surface area contributed by atoms with Crippen LogP contribution >= 0.6 is 0 Å². The van der Waals surface area contributed by atoms with Crippen LogP contribution in [0.3, 0.4) is 0 Å². The molecule has 0 bridgehead atoms. The lowest BCUT2D eigenvalue weighted by atomic mass is 9.41. The van der Waals surface area contributed by atoms with Crippen LogP contribution in [-0.2, 0) is 12.1 Å². The number of nitrogens with zero attached hydrogens (tertiary/aromatic N) is 1. The van der Waals surface area contributed by atoms with E-state index in [0.717, 1.165) is 24.8 Å². The van der Waals surface area contributed by atoms with E-state index in [1.54, 1.807) is 0 Å². The Balaban J connectivity index is 1.50. The van der Waals surface area contributed by atoms with Gasteiger partial charge in [0.25, 0.3) is 0 Å². The summed E-state index contributed by atoms with van der Waals surface area (Å²) in [7, 11) is 0. The molecule has 31 heavy (non-hydrogen) atoms. The summed E-state index contributed by atoms with van der Waals surface area (Å²) >= 11 is 0. The molecule has 6 heteroatoms. The van der Waals surface area contributed by atoms with Crippen molar-refractivity contribution in [2.75, 3.05) is 6.61 Å². The van der Waals surface area contributed by atoms with Crippen molar-refractivity contribution in [2.24, 2.45) is 22.7 Å². The molecule has 174 valence electrons. The molecule has 8 atom stereocenters. The summed E-state index contributed by atoms with van der Waals surface area (Å²) in [6.45, 7) is 4.78. The van der Waals surface area contributed by atoms with Crippen molar-refractivity contribution in [1.82, 2.24) is 4.57 Å². The maximum Gasteiger partial charge on any atom is 0.0993 e. The predicted octanol–water partition coefficient (Wildman–Crippen LogP) is 2.30. The molecule has 0 amide bonds. The minimum Gasteiger partial charge on any atom is -0.395 e. The molecule has 0 radical (unpaired) electrons. The third-order valence-corrected chi connectivity index (χ3v) is 10.7. The van der Waals surface area contributed by atoms with E-state index in [1.165, 1.54) is 0 Å². The van der Waals surface area contributed by atoms with E-state index in [2.05, 4.69) is 13.8 Å². The first-order valence-electron chi connectivity index (χ1n) is 12.2. The highest BCUT2D eigenvalue weighted by Crippen LogP contribution is 2.72. The molecule has 0 aromatic carbocycles. The second-order valence-electron chi connectivity index (χ2n) is 11.6. The molecule has 1 aromatic heterocycles. The lowest BCUT2D eigenvalue weighted by molar-refractivity contribution is -0.270. The normalized spacial score (nSPS) is 51.8. The molecule has 0 aliphatic heterocycles. The van der Waals surface area contributed by atoms with Gasteiger partial charge in [0.1, 0.15) is 0 Å². The van der Waals surface area contributed by atoms with Crippen LogP contribution in [0.5, 0.6) is 0 Å². The van der Waals surface area contributed by atoms with Gasteiger partial charge < -0.3 is 30.1 Å². The van der Waals surface area contributed by atoms with E-state index < -0.39 is 28.3 Å². The molecular formula is C25H39NO5. The number of hydrogen-bond donors (Lipinski definition) is 5. The Bertz CT molecular complexity index is 857. The second-order valence-corrected chi connectivity index (χ2v) is 11.6. The molecule has 0 saturated heterocycles. The summed E-state index contributed by atoms with van der Waals surface area (Å²) in [5.41, 5.74) is -3.09. The van der Waals surface area contributed by atoms with Gasteiger partial charge in [0.15, 0.2) is 0 Å². The van der Waals surface area contributed by atoms with E-state index in [-0.39, 0.29) is 23.9 Å². The molecule has 5 N–H and O–H groups in total. The van der Waals surface area contributed by atoms with Gasteiger partial charge >= 0.3 is 0 Å². The van der Waals surface area contributed by atoms with Crippen molar-refractivity contribution in [1.29, 1.82) is 0 Å². The Morgan fingerprint density at radius 1 is 0.968 bits per heavy atom. The Kier molecular flexibility index (Phi) is 4.80. The predicted molar refractivity (Wildman–Crippen MR) is 116 cm³/mol. The largest absolute Gasteiger partial charge is 0.395 e. The van der Waals surface area contributed by atoms with Gasteiger partial charge in [-0.05, 0) is 74.7 Å². The summed E-state index contributed by atoms with van der Waals surface area (Å²) in [6.07, 6.45) is 9.30. The van der Waals surface area contributed by atoms with E-state index in [9.17, 15) is 25.5 Å². The van der Waals surface area contributed by atoms with E-state index in [1.807, 2.05) is 23.0 Å². The van der Waals surface area contributed by atoms with Crippen LogP contribution in [0.2, 0.25) is 0 Å². The topological polar surface area (TPSA) is 106 Å². The van der Waals surface area contributed by atoms with Gasteiger partial charge in [-0.15, -0.1) is 0 Å².